The molecule has 0 amide bonds. The highest BCUT2D eigenvalue weighted by molar-refractivity contribution is 5.82. The van der Waals surface area contributed by atoms with Gasteiger partial charge in [-0.25, -0.2) is 0 Å². The average Bonchev–Trinajstić information content (AvgIpc) is 2.27. The summed E-state index contributed by atoms with van der Waals surface area (Å²) in [6, 6.07) is 9.54. The number of methoxy groups -OCH3 is 1. The molecular weight excluding hydrogens is 202 g/mol. The molecule has 1 heterocycles. The number of pyridine rings is 1. The fraction of sp³-hybridized carbons (Fsp3) is 0.231. The van der Waals surface area contributed by atoms with Crippen LogP contribution in [0.5, 0.6) is 5.75 Å². The van der Waals surface area contributed by atoms with Gasteiger partial charge in [-0.15, -0.1) is 0 Å². The van der Waals surface area contributed by atoms with Gasteiger partial charge in [-0.1, -0.05) is 6.07 Å². The molecule has 1 aromatic carbocycles. The van der Waals surface area contributed by atoms with E-state index in [0.29, 0.717) is 6.42 Å². The van der Waals surface area contributed by atoms with Gasteiger partial charge in [0.25, 0.3) is 0 Å². The Labute approximate surface area is 94.1 Å². The monoisotopic (exact) mass is 215 g/mol. The molecule has 0 saturated carbocycles. The summed E-state index contributed by atoms with van der Waals surface area (Å²) < 4.78 is 5.14. The highest BCUT2D eigenvalue weighted by Crippen LogP contribution is 2.19. The van der Waals surface area contributed by atoms with Crippen molar-refractivity contribution in [2.75, 3.05) is 7.11 Å². The van der Waals surface area contributed by atoms with E-state index < -0.39 is 0 Å². The lowest BCUT2D eigenvalue weighted by atomic mass is 10.1. The first-order valence-corrected chi connectivity index (χ1v) is 5.12. The van der Waals surface area contributed by atoms with Gasteiger partial charge in [-0.3, -0.25) is 9.78 Å². The molecule has 0 unspecified atom stereocenters. The zero-order valence-electron chi connectivity index (χ0n) is 9.36. The predicted octanol–water partition coefficient (Wildman–Crippen LogP) is 2.37. The molecule has 0 saturated heterocycles. The normalized spacial score (nSPS) is 10.4. The number of carbonyl (C=O) groups excluding carboxylic acids is 1. The summed E-state index contributed by atoms with van der Waals surface area (Å²) in [7, 11) is 1.64. The van der Waals surface area contributed by atoms with E-state index in [-0.39, 0.29) is 5.78 Å². The second-order valence-corrected chi connectivity index (χ2v) is 3.74. The standard InChI is InChI=1S/C13H13NO2/c1-9(15)7-11-4-3-10-8-12(16-2)5-6-13(10)14-11/h3-6,8H,7H2,1-2H3. The Hall–Kier alpha value is -1.90. The van der Waals surface area contributed by atoms with Crippen molar-refractivity contribution >= 4 is 16.7 Å². The van der Waals surface area contributed by atoms with Crippen molar-refractivity contribution in [2.45, 2.75) is 13.3 Å². The van der Waals surface area contributed by atoms with Gasteiger partial charge in [0.1, 0.15) is 11.5 Å². The summed E-state index contributed by atoms with van der Waals surface area (Å²) in [4.78, 5) is 15.4. The van der Waals surface area contributed by atoms with Crippen LogP contribution in [-0.2, 0) is 11.2 Å². The third-order valence-electron chi connectivity index (χ3n) is 2.38. The van der Waals surface area contributed by atoms with Crippen LogP contribution < -0.4 is 4.74 Å². The van der Waals surface area contributed by atoms with Crippen LogP contribution in [0.15, 0.2) is 30.3 Å². The van der Waals surface area contributed by atoms with Crippen molar-refractivity contribution in [2.24, 2.45) is 0 Å². The molecule has 0 N–H and O–H groups in total. The lowest BCUT2D eigenvalue weighted by molar-refractivity contribution is -0.116. The Morgan fingerprint density at radius 3 is 2.81 bits per heavy atom. The Morgan fingerprint density at radius 2 is 2.12 bits per heavy atom. The van der Waals surface area contributed by atoms with Crippen molar-refractivity contribution in [3.05, 3.63) is 36.0 Å². The van der Waals surface area contributed by atoms with Crippen LogP contribution in [0.4, 0.5) is 0 Å². The summed E-state index contributed by atoms with van der Waals surface area (Å²) in [5.74, 6) is 0.939. The predicted molar refractivity (Wildman–Crippen MR) is 62.7 cm³/mol. The van der Waals surface area contributed by atoms with Gasteiger partial charge in [0.15, 0.2) is 0 Å². The van der Waals surface area contributed by atoms with Crippen LogP contribution in [-0.4, -0.2) is 17.9 Å². The molecule has 0 aliphatic carbocycles. The first kappa shape index (κ1) is 10.6. The third kappa shape index (κ3) is 2.19. The van der Waals surface area contributed by atoms with Gasteiger partial charge in [0, 0.05) is 17.5 Å². The lowest BCUT2D eigenvalue weighted by Gasteiger charge is -2.03. The van der Waals surface area contributed by atoms with Gasteiger partial charge >= 0.3 is 0 Å². The van der Waals surface area contributed by atoms with E-state index in [2.05, 4.69) is 4.98 Å². The lowest BCUT2D eigenvalue weighted by Crippen LogP contribution is -1.99. The molecule has 16 heavy (non-hydrogen) atoms. The number of rotatable bonds is 3. The molecule has 2 rings (SSSR count). The van der Waals surface area contributed by atoms with Gasteiger partial charge in [-0.2, -0.15) is 0 Å². The molecule has 1 aromatic heterocycles. The zero-order chi connectivity index (χ0) is 11.5. The minimum absolute atomic E-state index is 0.125. The second kappa shape index (κ2) is 4.31. The molecular formula is C13H13NO2. The molecule has 0 bridgehead atoms. The van der Waals surface area contributed by atoms with Crippen molar-refractivity contribution in [3.63, 3.8) is 0 Å². The molecule has 0 spiro atoms. The molecule has 0 aliphatic rings. The quantitative estimate of drug-likeness (QED) is 0.789. The van der Waals surface area contributed by atoms with Crippen LogP contribution in [0.1, 0.15) is 12.6 Å². The number of nitrogens with zero attached hydrogens (tertiary/aromatic N) is 1. The topological polar surface area (TPSA) is 39.2 Å². The Morgan fingerprint density at radius 1 is 1.31 bits per heavy atom. The van der Waals surface area contributed by atoms with E-state index >= 15 is 0 Å². The summed E-state index contributed by atoms with van der Waals surface area (Å²) in [5, 5.41) is 1.02. The van der Waals surface area contributed by atoms with E-state index in [0.717, 1.165) is 22.3 Å². The number of fused-ring (bicyclic) bond motifs is 1. The van der Waals surface area contributed by atoms with Crippen LogP contribution in [0.2, 0.25) is 0 Å². The van der Waals surface area contributed by atoms with E-state index in [9.17, 15) is 4.79 Å². The SMILES string of the molecule is COc1ccc2nc(CC(C)=O)ccc2c1. The van der Waals surface area contributed by atoms with Gasteiger partial charge in [-0.05, 0) is 31.2 Å². The van der Waals surface area contributed by atoms with Gasteiger partial charge in [0.2, 0.25) is 0 Å². The van der Waals surface area contributed by atoms with E-state index in [1.807, 2.05) is 30.3 Å². The molecule has 0 radical (unpaired) electrons. The van der Waals surface area contributed by atoms with Gasteiger partial charge in [0.05, 0.1) is 12.6 Å². The largest absolute Gasteiger partial charge is 0.497 e. The van der Waals surface area contributed by atoms with Crippen molar-refractivity contribution in [1.29, 1.82) is 0 Å². The van der Waals surface area contributed by atoms with Crippen molar-refractivity contribution in [1.82, 2.24) is 4.98 Å². The molecule has 3 nitrogen and oxygen atoms in total. The van der Waals surface area contributed by atoms with E-state index in [1.165, 1.54) is 0 Å². The number of aromatic nitrogens is 1. The molecule has 3 heteroatoms. The Balaban J connectivity index is 2.43. The highest BCUT2D eigenvalue weighted by Gasteiger charge is 2.02. The first-order chi connectivity index (χ1) is 7.69. The summed E-state index contributed by atoms with van der Waals surface area (Å²) in [6.07, 6.45) is 0.391. The fourth-order valence-corrected chi connectivity index (χ4v) is 1.63. The number of hydrogen-bond acceptors (Lipinski definition) is 3. The van der Waals surface area contributed by atoms with E-state index in [1.54, 1.807) is 14.0 Å². The smallest absolute Gasteiger partial charge is 0.135 e. The van der Waals surface area contributed by atoms with Crippen LogP contribution in [0.3, 0.4) is 0 Å². The number of benzene rings is 1. The van der Waals surface area contributed by atoms with Crippen molar-refractivity contribution in [3.8, 4) is 5.75 Å². The number of carbonyl (C=O) groups is 1. The van der Waals surface area contributed by atoms with Crippen molar-refractivity contribution < 1.29 is 9.53 Å². The van der Waals surface area contributed by atoms with Crippen LogP contribution in [0, 0.1) is 0 Å². The van der Waals surface area contributed by atoms with Gasteiger partial charge < -0.3 is 4.74 Å². The molecule has 82 valence electrons. The van der Waals surface area contributed by atoms with Crippen LogP contribution >= 0.6 is 0 Å². The second-order valence-electron chi connectivity index (χ2n) is 3.74. The third-order valence-corrected chi connectivity index (χ3v) is 2.38. The fourth-order valence-electron chi connectivity index (χ4n) is 1.63. The Kier molecular flexibility index (Phi) is 2.86. The molecule has 0 aliphatic heterocycles. The Bertz CT molecular complexity index is 534. The number of ketones is 1. The summed E-state index contributed by atoms with van der Waals surface area (Å²) >= 11 is 0. The first-order valence-electron chi connectivity index (χ1n) is 5.12. The molecule has 0 atom stereocenters. The summed E-state index contributed by atoms with van der Waals surface area (Å²) in [6.45, 7) is 1.57. The van der Waals surface area contributed by atoms with Crippen LogP contribution in [0.25, 0.3) is 10.9 Å². The number of Topliss-reactive ketones (excluding diaryl/α,β-unsaturated/α-hetero) is 1. The minimum Gasteiger partial charge on any atom is -0.497 e. The molecule has 2 aromatic rings. The van der Waals surface area contributed by atoms with E-state index in [4.69, 9.17) is 4.74 Å². The number of hydrogen-bond donors (Lipinski definition) is 0. The number of ether oxygens (including phenoxy) is 1. The maximum Gasteiger partial charge on any atom is 0.135 e. The maximum atomic E-state index is 11.0. The zero-order valence-corrected chi connectivity index (χ0v) is 9.36. The maximum absolute atomic E-state index is 11.0. The summed E-state index contributed by atoms with van der Waals surface area (Å²) in [5.41, 5.74) is 1.70. The highest BCUT2D eigenvalue weighted by atomic mass is 16.5. The minimum atomic E-state index is 0.125. The molecule has 0 fully saturated rings. The average molecular weight is 215 g/mol.